The maximum atomic E-state index is 13.9. The number of ether oxygens (including phenoxy) is 6. The normalized spacial score (nSPS) is 28.3. The molecule has 89 heavy (non-hydrogen) atoms. The molecule has 0 spiro atoms. The van der Waals surface area contributed by atoms with E-state index in [0.29, 0.717) is 0 Å². The number of aliphatic hydroxyl groups is 9. The fourth-order valence-corrected chi connectivity index (χ4v) is 10.4. The first kappa shape index (κ1) is 78.6. The average molecular weight is 1310 g/mol. The number of amides is 8. The van der Waals surface area contributed by atoms with Crippen molar-refractivity contribution in [3.05, 3.63) is 0 Å². The lowest BCUT2D eigenvalue weighted by atomic mass is 9.82. The Hall–Kier alpha value is -4.69. The molecule has 16 atom stereocenters. The third-order valence-corrected chi connectivity index (χ3v) is 16.7. The van der Waals surface area contributed by atoms with E-state index in [9.17, 15) is 93.8 Å². The van der Waals surface area contributed by atoms with Crippen molar-refractivity contribution < 1.29 is 127 Å². The lowest BCUT2D eigenvalue weighted by Gasteiger charge is -2.42. The molecule has 3 rings (SSSR count). The summed E-state index contributed by atoms with van der Waals surface area (Å²) in [6.45, 7) is 4.36. The van der Waals surface area contributed by atoms with E-state index in [1.165, 1.54) is 34.6 Å². The molecule has 0 aliphatic carbocycles. The van der Waals surface area contributed by atoms with Gasteiger partial charge in [-0.25, -0.2) is 0 Å². The fraction of sp³-hybridized carbons (Fsp3) is 0.852. The van der Waals surface area contributed by atoms with E-state index in [0.717, 1.165) is 0 Å². The van der Waals surface area contributed by atoms with Gasteiger partial charge >= 0.3 is 7.60 Å². The lowest BCUT2D eigenvalue weighted by molar-refractivity contribution is -0.270. The summed E-state index contributed by atoms with van der Waals surface area (Å²) >= 11 is 0. The quantitative estimate of drug-likeness (QED) is 0.0200. The Balaban J connectivity index is 1.77. The van der Waals surface area contributed by atoms with Crippen LogP contribution in [-0.4, -0.2) is 274 Å². The number of carbonyl (C=O) groups excluding carboxylic acids is 8. The van der Waals surface area contributed by atoms with Crippen LogP contribution in [0.1, 0.15) is 118 Å². The molecule has 0 saturated carbocycles. The molecule has 3 aliphatic rings. The molecule has 0 aromatic carbocycles. The van der Waals surface area contributed by atoms with E-state index in [1.807, 2.05) is 0 Å². The Bertz CT molecular complexity index is 2080. The molecule has 3 aliphatic heterocycles. The summed E-state index contributed by atoms with van der Waals surface area (Å²) < 4.78 is 51.2. The molecule has 0 aromatic heterocycles. The van der Waals surface area contributed by atoms with Crippen LogP contribution in [0.3, 0.4) is 0 Å². The molecule has 3 heterocycles. The van der Waals surface area contributed by atoms with Crippen LogP contribution in [0.15, 0.2) is 0 Å². The minimum absolute atomic E-state index is 0.00841. The first-order chi connectivity index (χ1) is 42.1. The van der Waals surface area contributed by atoms with Crippen molar-refractivity contribution in [3.8, 4) is 0 Å². The zero-order valence-electron chi connectivity index (χ0n) is 51.2. The zero-order chi connectivity index (χ0) is 66.4. The topological polar surface area (TPSA) is 517 Å². The molecule has 35 heteroatoms. The number of aliphatic hydroxyl groups excluding tert-OH is 9. The summed E-state index contributed by atoms with van der Waals surface area (Å²) in [5.74, 6) is -4.28. The van der Waals surface area contributed by atoms with Gasteiger partial charge in [-0.15, -0.1) is 0 Å². The monoisotopic (exact) mass is 1300 g/mol. The maximum Gasteiger partial charge on any atom is 0.330 e. The predicted molar refractivity (Wildman–Crippen MR) is 308 cm³/mol. The van der Waals surface area contributed by atoms with Crippen LogP contribution in [0.25, 0.3) is 0 Å². The van der Waals surface area contributed by atoms with Crippen LogP contribution in [0.4, 0.5) is 0 Å². The third-order valence-electron chi connectivity index (χ3n) is 14.8. The maximum absolute atomic E-state index is 13.9. The SMILES string of the molecule is CC(=O)N[C@H]1C(O)[C@@H](O)C(CO)O[C@H]1OCCCNC(=O)CCC(CCC(=O)NCCCO[C@@H]1OC(CO)[C@H](O)C(O)[C@@H]1NC(C)=O)(CCC(=O)NCCCO[C@@H]1OC(CO)[C@H](O)C(O)[C@@H]1NC(C)=O)NC(=O)CCCC(=O)NCCCOP(=O)(O)C(C)C. The van der Waals surface area contributed by atoms with E-state index < -0.39 is 178 Å². The standard InChI is InChI=1S/C54H97N8O26P/c1-30(2)89(80,81)85-26-10-22-55-37(69)11-6-12-41(73)62-54(16-13-38(70)56-19-7-23-82-51-42(59-31(3)66)48(77)45(74)34(27-63)86-51,17-14-39(71)57-20-8-24-83-52-43(60-32(4)67)49(78)46(75)35(28-64)87-52)18-15-40(72)58-21-9-25-84-53-44(61-33(5)68)50(79)47(76)36(29-65)88-53/h30,34-36,42-53,63-65,74-79H,6-29H2,1-5H3,(H,55,69)(H,56,70)(H,57,71)(H,58,72)(H,59,66)(H,60,67)(H,61,68)(H,62,73)(H,80,81)/t34?,35?,36?,42-,43-,44-,45-,46-,47-,48?,49?,50?,51+,52+,53+,54?/m0/s1. The second-order valence-electron chi connectivity index (χ2n) is 22.4. The Morgan fingerprint density at radius 2 is 0.742 bits per heavy atom. The van der Waals surface area contributed by atoms with Crippen molar-refractivity contribution in [3.63, 3.8) is 0 Å². The smallest absolute Gasteiger partial charge is 0.330 e. The van der Waals surface area contributed by atoms with Crippen LogP contribution < -0.4 is 42.5 Å². The number of rotatable bonds is 41. The number of hydrogen-bond donors (Lipinski definition) is 18. The van der Waals surface area contributed by atoms with Crippen molar-refractivity contribution >= 4 is 54.9 Å². The molecule has 514 valence electrons. The van der Waals surface area contributed by atoms with E-state index in [4.69, 9.17) is 32.9 Å². The van der Waals surface area contributed by atoms with Crippen LogP contribution in [0, 0.1) is 0 Å². The second-order valence-corrected chi connectivity index (χ2v) is 24.8. The van der Waals surface area contributed by atoms with Crippen molar-refractivity contribution in [1.29, 1.82) is 0 Å². The Morgan fingerprint density at radius 3 is 1.03 bits per heavy atom. The van der Waals surface area contributed by atoms with Crippen LogP contribution in [-0.2, 0) is 75.9 Å². The minimum Gasteiger partial charge on any atom is -0.394 e. The first-order valence-electron chi connectivity index (χ1n) is 30.0. The summed E-state index contributed by atoms with van der Waals surface area (Å²) in [5.41, 5.74) is -2.07. The fourth-order valence-electron chi connectivity index (χ4n) is 9.72. The van der Waals surface area contributed by atoms with Gasteiger partial charge in [0, 0.05) is 84.6 Å². The Labute approximate surface area is 516 Å². The van der Waals surface area contributed by atoms with Crippen LogP contribution in [0.2, 0.25) is 0 Å². The van der Waals surface area contributed by atoms with Gasteiger partial charge in [-0.2, -0.15) is 0 Å². The summed E-state index contributed by atoms with van der Waals surface area (Å²) in [4.78, 5) is 113. The van der Waals surface area contributed by atoms with Gasteiger partial charge in [0.05, 0.1) is 51.9 Å². The van der Waals surface area contributed by atoms with Gasteiger partial charge < -0.3 is 126 Å². The van der Waals surface area contributed by atoms with Crippen LogP contribution >= 0.6 is 7.60 Å². The van der Waals surface area contributed by atoms with Gasteiger partial charge in [0.15, 0.2) is 18.9 Å². The highest BCUT2D eigenvalue weighted by atomic mass is 31.2. The predicted octanol–water partition coefficient (Wildman–Crippen LogP) is -6.13. The molecule has 7 unspecified atom stereocenters. The van der Waals surface area contributed by atoms with Crippen molar-refractivity contribution in [1.82, 2.24) is 42.5 Å². The molecule has 0 bridgehead atoms. The van der Waals surface area contributed by atoms with Gasteiger partial charge in [-0.1, -0.05) is 13.8 Å². The lowest BCUT2D eigenvalue weighted by Crippen LogP contribution is -2.64. The van der Waals surface area contributed by atoms with Gasteiger partial charge in [-0.05, 0) is 51.4 Å². The first-order valence-corrected chi connectivity index (χ1v) is 31.6. The Morgan fingerprint density at radius 1 is 0.449 bits per heavy atom. The second kappa shape index (κ2) is 40.3. The number of nitrogens with one attached hydrogen (secondary N) is 8. The summed E-state index contributed by atoms with van der Waals surface area (Å²) in [7, 11) is -3.81. The van der Waals surface area contributed by atoms with Gasteiger partial charge in [0.2, 0.25) is 47.3 Å². The average Bonchev–Trinajstić information content (AvgIpc) is 1.77. The molecule has 3 saturated heterocycles. The van der Waals surface area contributed by atoms with E-state index >= 15 is 0 Å². The summed E-state index contributed by atoms with van der Waals surface area (Å²) in [6, 6.07) is -3.61. The van der Waals surface area contributed by atoms with Crippen molar-refractivity contribution in [2.24, 2.45) is 0 Å². The third kappa shape index (κ3) is 27.6. The molecular formula is C54H97N8O26P. The van der Waals surface area contributed by atoms with Crippen molar-refractivity contribution in [2.75, 3.05) is 72.4 Å². The highest BCUT2D eigenvalue weighted by Crippen LogP contribution is 2.47. The van der Waals surface area contributed by atoms with Crippen LogP contribution in [0.5, 0.6) is 0 Å². The van der Waals surface area contributed by atoms with Gasteiger partial charge in [0.1, 0.15) is 73.1 Å². The van der Waals surface area contributed by atoms with E-state index in [-0.39, 0.29) is 136 Å². The number of carbonyl (C=O) groups is 8. The molecule has 0 aromatic rings. The molecule has 3 fully saturated rings. The molecular weight excluding hydrogens is 1210 g/mol. The summed E-state index contributed by atoms with van der Waals surface area (Å²) in [5, 5.41) is 113. The largest absolute Gasteiger partial charge is 0.394 e. The number of hydrogen-bond acceptors (Lipinski definition) is 25. The highest BCUT2D eigenvalue weighted by molar-refractivity contribution is 7.53. The molecule has 8 amide bonds. The van der Waals surface area contributed by atoms with Crippen molar-refractivity contribution in [2.45, 2.75) is 221 Å². The minimum atomic E-state index is -3.81. The van der Waals surface area contributed by atoms with Gasteiger partial charge in [0.25, 0.3) is 0 Å². The molecule has 34 nitrogen and oxygen atoms in total. The van der Waals surface area contributed by atoms with E-state index in [1.54, 1.807) is 0 Å². The zero-order valence-corrected chi connectivity index (χ0v) is 52.1. The Kier molecular flexibility index (Phi) is 35.6. The molecule has 0 radical (unpaired) electrons. The highest BCUT2D eigenvalue weighted by Gasteiger charge is 2.48. The summed E-state index contributed by atoms with van der Waals surface area (Å²) in [6.07, 6.45) is -17.7. The molecule has 18 N–H and O–H groups in total. The van der Waals surface area contributed by atoms with E-state index in [2.05, 4.69) is 42.5 Å². The van der Waals surface area contributed by atoms with Gasteiger partial charge in [-0.3, -0.25) is 42.9 Å².